The summed E-state index contributed by atoms with van der Waals surface area (Å²) in [5, 5.41) is 0.688. The van der Waals surface area contributed by atoms with Gasteiger partial charge < -0.3 is 0 Å². The van der Waals surface area contributed by atoms with Gasteiger partial charge in [-0.15, -0.1) is 0 Å². The quantitative estimate of drug-likeness (QED) is 0.651. The number of benzene rings is 2. The Hall–Kier alpha value is -1.93. The van der Waals surface area contributed by atoms with Crippen molar-refractivity contribution in [3.8, 4) is 11.1 Å². The van der Waals surface area contributed by atoms with Crippen LogP contribution in [-0.2, 0) is 9.59 Å². The summed E-state index contributed by atoms with van der Waals surface area (Å²) in [6.45, 7) is 7.92. The summed E-state index contributed by atoms with van der Waals surface area (Å²) in [5.74, 6) is -0.563. The highest BCUT2D eigenvalue weighted by Gasteiger charge is 2.43. The third-order valence-corrected chi connectivity index (χ3v) is 5.58. The van der Waals surface area contributed by atoms with Crippen molar-refractivity contribution in [2.45, 2.75) is 46.5 Å². The van der Waals surface area contributed by atoms with E-state index in [0.717, 1.165) is 27.8 Å². The van der Waals surface area contributed by atoms with Gasteiger partial charge in [0.1, 0.15) is 11.7 Å². The molecule has 0 heterocycles. The fourth-order valence-electron chi connectivity index (χ4n) is 3.68. The van der Waals surface area contributed by atoms with Crippen LogP contribution in [0.4, 0.5) is 0 Å². The first-order valence-electron chi connectivity index (χ1n) is 8.65. The Morgan fingerprint density at radius 3 is 2.28 bits per heavy atom. The first-order valence-corrected chi connectivity index (χ1v) is 9.02. The Kier molecular flexibility index (Phi) is 4.59. The molecular formula is C22H23ClO2. The summed E-state index contributed by atoms with van der Waals surface area (Å²) >= 11 is 6.00. The number of rotatable bonds is 2. The van der Waals surface area contributed by atoms with Crippen LogP contribution in [0.3, 0.4) is 0 Å². The highest BCUT2D eigenvalue weighted by molar-refractivity contribution is 6.30. The molecule has 130 valence electrons. The summed E-state index contributed by atoms with van der Waals surface area (Å²) in [6, 6.07) is 11.7. The second-order valence-corrected chi connectivity index (χ2v) is 8.11. The minimum absolute atomic E-state index is 0.0396. The number of hydrogen-bond donors (Lipinski definition) is 0. The molecule has 1 aliphatic carbocycles. The minimum atomic E-state index is -0.643. The van der Waals surface area contributed by atoms with Crippen molar-refractivity contribution in [3.63, 3.8) is 0 Å². The van der Waals surface area contributed by atoms with Gasteiger partial charge in [0, 0.05) is 16.9 Å². The molecule has 0 aromatic heterocycles. The van der Waals surface area contributed by atoms with Crippen molar-refractivity contribution in [2.24, 2.45) is 5.41 Å². The Morgan fingerprint density at radius 1 is 1.00 bits per heavy atom. The molecule has 25 heavy (non-hydrogen) atoms. The zero-order valence-electron chi connectivity index (χ0n) is 15.2. The lowest BCUT2D eigenvalue weighted by molar-refractivity contribution is -0.139. The van der Waals surface area contributed by atoms with Crippen molar-refractivity contribution in [1.82, 2.24) is 0 Å². The van der Waals surface area contributed by atoms with E-state index in [1.165, 1.54) is 0 Å². The van der Waals surface area contributed by atoms with Crippen LogP contribution in [0.15, 0.2) is 36.4 Å². The van der Waals surface area contributed by atoms with Crippen molar-refractivity contribution in [2.75, 3.05) is 0 Å². The lowest BCUT2D eigenvalue weighted by atomic mass is 9.67. The second kappa shape index (κ2) is 6.42. The molecule has 3 rings (SSSR count). The Balaban J connectivity index is 2.13. The number of carbonyl (C=O) groups is 2. The van der Waals surface area contributed by atoms with Crippen LogP contribution in [0.5, 0.6) is 0 Å². The maximum absolute atomic E-state index is 12.9. The van der Waals surface area contributed by atoms with E-state index in [4.69, 9.17) is 11.6 Å². The minimum Gasteiger partial charge on any atom is -0.299 e. The standard InChI is InChI=1S/C22H23ClO2/c1-13-11-14(2)18(12-17(13)15-5-7-16(23)8-6-15)20-19(24)9-10-22(3,4)21(20)25/h5-8,11-12,20H,9-10H2,1-4H3. The van der Waals surface area contributed by atoms with Crippen LogP contribution in [0.25, 0.3) is 11.1 Å². The molecule has 0 bridgehead atoms. The van der Waals surface area contributed by atoms with E-state index in [9.17, 15) is 9.59 Å². The van der Waals surface area contributed by atoms with E-state index in [-0.39, 0.29) is 11.6 Å². The predicted molar refractivity (Wildman–Crippen MR) is 102 cm³/mol. The van der Waals surface area contributed by atoms with Gasteiger partial charge >= 0.3 is 0 Å². The lowest BCUT2D eigenvalue weighted by Crippen LogP contribution is -2.39. The molecule has 1 aliphatic rings. The number of ketones is 2. The number of Topliss-reactive ketones (excluding diaryl/α,β-unsaturated/α-hetero) is 2. The average molecular weight is 355 g/mol. The molecule has 1 fully saturated rings. The smallest absolute Gasteiger partial charge is 0.153 e. The second-order valence-electron chi connectivity index (χ2n) is 7.68. The SMILES string of the molecule is Cc1cc(C)c(C2C(=O)CCC(C)(C)C2=O)cc1-c1ccc(Cl)cc1. The van der Waals surface area contributed by atoms with Gasteiger partial charge in [0.2, 0.25) is 0 Å². The molecule has 0 aliphatic heterocycles. The first kappa shape index (κ1) is 17.9. The summed E-state index contributed by atoms with van der Waals surface area (Å²) in [4.78, 5) is 25.5. The van der Waals surface area contributed by atoms with Gasteiger partial charge in [-0.25, -0.2) is 0 Å². The van der Waals surface area contributed by atoms with Crippen molar-refractivity contribution in [3.05, 3.63) is 58.1 Å². The molecule has 2 nitrogen and oxygen atoms in total. The summed E-state index contributed by atoms with van der Waals surface area (Å²) in [5.41, 5.74) is 4.60. The average Bonchev–Trinajstić information content (AvgIpc) is 2.55. The van der Waals surface area contributed by atoms with Crippen LogP contribution in [0, 0.1) is 19.3 Å². The van der Waals surface area contributed by atoms with E-state index in [0.29, 0.717) is 17.9 Å². The fraction of sp³-hybridized carbons (Fsp3) is 0.364. The van der Waals surface area contributed by atoms with E-state index in [2.05, 4.69) is 13.0 Å². The van der Waals surface area contributed by atoms with Crippen LogP contribution in [0.1, 0.15) is 49.3 Å². The molecule has 2 aromatic carbocycles. The number of hydrogen-bond acceptors (Lipinski definition) is 2. The molecular weight excluding hydrogens is 332 g/mol. The molecule has 1 saturated carbocycles. The lowest BCUT2D eigenvalue weighted by Gasteiger charge is -2.33. The van der Waals surface area contributed by atoms with Crippen molar-refractivity contribution >= 4 is 23.2 Å². The molecule has 0 amide bonds. The van der Waals surface area contributed by atoms with Crippen LogP contribution >= 0.6 is 11.6 Å². The Morgan fingerprint density at radius 2 is 1.64 bits per heavy atom. The number of aryl methyl sites for hydroxylation is 2. The molecule has 1 atom stereocenters. The van der Waals surface area contributed by atoms with Crippen LogP contribution < -0.4 is 0 Å². The van der Waals surface area contributed by atoms with E-state index in [1.54, 1.807) is 0 Å². The van der Waals surface area contributed by atoms with Gasteiger partial charge in [-0.1, -0.05) is 43.6 Å². The van der Waals surface area contributed by atoms with Crippen molar-refractivity contribution < 1.29 is 9.59 Å². The molecule has 1 unspecified atom stereocenters. The predicted octanol–water partition coefficient (Wildman–Crippen LogP) is 5.67. The maximum atomic E-state index is 12.9. The third-order valence-electron chi connectivity index (χ3n) is 5.33. The van der Waals surface area contributed by atoms with Gasteiger partial charge in [-0.05, 0) is 66.3 Å². The van der Waals surface area contributed by atoms with Gasteiger partial charge in [0.15, 0.2) is 5.78 Å². The molecule has 2 aromatic rings. The monoisotopic (exact) mass is 354 g/mol. The highest BCUT2D eigenvalue weighted by atomic mass is 35.5. The van der Waals surface area contributed by atoms with Gasteiger partial charge in [-0.3, -0.25) is 9.59 Å². The fourth-order valence-corrected chi connectivity index (χ4v) is 3.80. The summed E-state index contributed by atoms with van der Waals surface area (Å²) in [7, 11) is 0. The molecule has 0 saturated heterocycles. The largest absolute Gasteiger partial charge is 0.299 e. The number of carbonyl (C=O) groups excluding carboxylic acids is 2. The van der Waals surface area contributed by atoms with Gasteiger partial charge in [0.25, 0.3) is 0 Å². The third kappa shape index (κ3) is 3.28. The molecule has 0 spiro atoms. The molecule has 0 N–H and O–H groups in total. The zero-order valence-corrected chi connectivity index (χ0v) is 15.9. The first-order chi connectivity index (χ1) is 11.7. The van der Waals surface area contributed by atoms with Gasteiger partial charge in [0.05, 0.1) is 0 Å². The van der Waals surface area contributed by atoms with Crippen LogP contribution in [-0.4, -0.2) is 11.6 Å². The number of halogens is 1. The van der Waals surface area contributed by atoms with E-state index >= 15 is 0 Å². The topological polar surface area (TPSA) is 34.1 Å². The van der Waals surface area contributed by atoms with Crippen LogP contribution in [0.2, 0.25) is 5.02 Å². The normalized spacial score (nSPS) is 20.0. The Bertz CT molecular complexity index is 847. The van der Waals surface area contributed by atoms with Crippen molar-refractivity contribution in [1.29, 1.82) is 0 Å². The maximum Gasteiger partial charge on any atom is 0.153 e. The zero-order chi connectivity index (χ0) is 18.4. The molecule has 3 heteroatoms. The van der Waals surface area contributed by atoms with E-state index < -0.39 is 11.3 Å². The molecule has 0 radical (unpaired) electrons. The summed E-state index contributed by atoms with van der Waals surface area (Å²) in [6.07, 6.45) is 1.10. The van der Waals surface area contributed by atoms with Gasteiger partial charge in [-0.2, -0.15) is 0 Å². The highest BCUT2D eigenvalue weighted by Crippen LogP contribution is 2.41. The van der Waals surface area contributed by atoms with E-state index in [1.807, 2.05) is 51.1 Å². The Labute approximate surface area is 154 Å². The summed E-state index contributed by atoms with van der Waals surface area (Å²) < 4.78 is 0.